The first-order valence-electron chi connectivity index (χ1n) is 6.69. The molecule has 0 radical (unpaired) electrons. The smallest absolute Gasteiger partial charge is 0.244 e. The maximum absolute atomic E-state index is 13.5. The van der Waals surface area contributed by atoms with E-state index in [4.69, 9.17) is 16.7 Å². The lowest BCUT2D eigenvalue weighted by Crippen LogP contribution is -2.43. The summed E-state index contributed by atoms with van der Waals surface area (Å²) in [6, 6.07) is 4.14. The highest BCUT2D eigenvalue weighted by molar-refractivity contribution is 6.30. The van der Waals surface area contributed by atoms with E-state index in [1.807, 2.05) is 11.8 Å². The Morgan fingerprint density at radius 2 is 2.30 bits per heavy atom. The molecule has 1 heterocycles. The van der Waals surface area contributed by atoms with E-state index >= 15 is 0 Å². The van der Waals surface area contributed by atoms with Crippen molar-refractivity contribution in [3.8, 4) is 0 Å². The van der Waals surface area contributed by atoms with Gasteiger partial charge in [-0.25, -0.2) is 4.39 Å². The van der Waals surface area contributed by atoms with Gasteiger partial charge >= 0.3 is 0 Å². The first kappa shape index (κ1) is 15.2. The molecule has 4 nitrogen and oxygen atoms in total. The van der Waals surface area contributed by atoms with Crippen molar-refractivity contribution in [2.75, 3.05) is 31.1 Å². The van der Waals surface area contributed by atoms with Crippen LogP contribution in [-0.4, -0.2) is 48.2 Å². The highest BCUT2D eigenvalue weighted by atomic mass is 35.5. The summed E-state index contributed by atoms with van der Waals surface area (Å²) >= 11 is 5.65. The average Bonchev–Trinajstić information content (AvgIpc) is 2.81. The molecule has 1 amide bonds. The van der Waals surface area contributed by atoms with Crippen LogP contribution in [-0.2, 0) is 4.79 Å². The van der Waals surface area contributed by atoms with Crippen LogP contribution in [0.4, 0.5) is 10.1 Å². The molecule has 0 bridgehead atoms. The number of benzene rings is 1. The van der Waals surface area contributed by atoms with Crippen molar-refractivity contribution in [3.05, 3.63) is 29.0 Å². The van der Waals surface area contributed by atoms with Crippen molar-refractivity contribution >= 4 is 23.2 Å². The number of carbonyl (C=O) groups is 1. The van der Waals surface area contributed by atoms with Crippen molar-refractivity contribution in [1.29, 1.82) is 0 Å². The Bertz CT molecular complexity index is 498. The van der Waals surface area contributed by atoms with Gasteiger partial charge in [-0.05, 0) is 31.2 Å². The van der Waals surface area contributed by atoms with Gasteiger partial charge in [0.05, 0.1) is 17.7 Å². The predicted molar refractivity (Wildman–Crippen MR) is 76.5 cm³/mol. The van der Waals surface area contributed by atoms with E-state index in [0.29, 0.717) is 31.7 Å². The summed E-state index contributed by atoms with van der Waals surface area (Å²) in [4.78, 5) is 15.9. The Hall–Kier alpha value is -1.17. The topological polar surface area (TPSA) is 43.8 Å². The third kappa shape index (κ3) is 2.95. The largest absolute Gasteiger partial charge is 0.395 e. The molecule has 1 aliphatic heterocycles. The van der Waals surface area contributed by atoms with Crippen LogP contribution in [0.15, 0.2) is 18.2 Å². The maximum Gasteiger partial charge on any atom is 0.244 e. The standard InChI is InChI=1S/C14H18ClFN2O2/c1-2-17(7-8-19)13-5-6-18(14(13)20)10-3-4-11(15)12(16)9-10/h3-4,9,13,19H,2,5-8H2,1H3. The van der Waals surface area contributed by atoms with Gasteiger partial charge in [-0.3, -0.25) is 9.69 Å². The van der Waals surface area contributed by atoms with E-state index in [0.717, 1.165) is 0 Å². The van der Waals surface area contributed by atoms with Crippen molar-refractivity contribution in [3.63, 3.8) is 0 Å². The first-order valence-corrected chi connectivity index (χ1v) is 7.07. The lowest BCUT2D eigenvalue weighted by molar-refractivity contribution is -0.121. The molecular formula is C14H18ClFN2O2. The molecule has 1 aromatic rings. The molecule has 0 aliphatic carbocycles. The predicted octanol–water partition coefficient (Wildman–Crippen LogP) is 1.90. The van der Waals surface area contributed by atoms with Crippen LogP contribution in [0.25, 0.3) is 0 Å². The Morgan fingerprint density at radius 3 is 2.90 bits per heavy atom. The molecule has 1 unspecified atom stereocenters. The number of rotatable bonds is 5. The average molecular weight is 301 g/mol. The van der Waals surface area contributed by atoms with Gasteiger partial charge in [-0.2, -0.15) is 0 Å². The van der Waals surface area contributed by atoms with Crippen LogP contribution in [0.5, 0.6) is 0 Å². The van der Waals surface area contributed by atoms with Crippen LogP contribution in [0, 0.1) is 5.82 Å². The highest BCUT2D eigenvalue weighted by Gasteiger charge is 2.36. The van der Waals surface area contributed by atoms with Crippen molar-refractivity contribution in [1.82, 2.24) is 4.90 Å². The van der Waals surface area contributed by atoms with E-state index in [-0.39, 0.29) is 23.6 Å². The Kier molecular flexibility index (Phi) is 4.96. The molecule has 1 saturated heterocycles. The number of anilines is 1. The van der Waals surface area contributed by atoms with Crippen LogP contribution in [0.3, 0.4) is 0 Å². The summed E-state index contributed by atoms with van der Waals surface area (Å²) in [6.07, 6.45) is 0.677. The fraction of sp³-hybridized carbons (Fsp3) is 0.500. The number of hydrogen-bond acceptors (Lipinski definition) is 3. The monoisotopic (exact) mass is 300 g/mol. The van der Waals surface area contributed by atoms with E-state index < -0.39 is 5.82 Å². The highest BCUT2D eigenvalue weighted by Crippen LogP contribution is 2.27. The van der Waals surface area contributed by atoms with Gasteiger partial charge in [0.15, 0.2) is 0 Å². The van der Waals surface area contributed by atoms with Gasteiger partial charge < -0.3 is 10.0 Å². The van der Waals surface area contributed by atoms with Gasteiger partial charge in [-0.1, -0.05) is 18.5 Å². The van der Waals surface area contributed by atoms with Crippen LogP contribution in [0.1, 0.15) is 13.3 Å². The zero-order valence-corrected chi connectivity index (χ0v) is 12.1. The van der Waals surface area contributed by atoms with Gasteiger partial charge in [0.25, 0.3) is 0 Å². The van der Waals surface area contributed by atoms with Crippen LogP contribution < -0.4 is 4.90 Å². The van der Waals surface area contributed by atoms with Gasteiger partial charge in [0, 0.05) is 18.8 Å². The minimum absolute atomic E-state index is 0.0210. The molecule has 0 aromatic heterocycles. The number of amides is 1. The molecule has 1 aliphatic rings. The number of likely N-dealkylation sites (N-methyl/N-ethyl adjacent to an activating group) is 1. The van der Waals surface area contributed by atoms with Crippen molar-refractivity contribution < 1.29 is 14.3 Å². The number of aliphatic hydroxyl groups excluding tert-OH is 1. The second kappa shape index (κ2) is 6.52. The molecule has 1 N–H and O–H groups in total. The zero-order valence-electron chi connectivity index (χ0n) is 11.4. The van der Waals surface area contributed by atoms with E-state index in [2.05, 4.69) is 0 Å². The van der Waals surface area contributed by atoms with E-state index in [1.54, 1.807) is 11.0 Å². The summed E-state index contributed by atoms with van der Waals surface area (Å²) in [6.45, 7) is 3.68. The summed E-state index contributed by atoms with van der Waals surface area (Å²) < 4.78 is 13.5. The molecule has 0 saturated carbocycles. The second-order valence-corrected chi connectivity index (χ2v) is 5.15. The molecular weight excluding hydrogens is 283 g/mol. The number of aliphatic hydroxyl groups is 1. The van der Waals surface area contributed by atoms with E-state index in [9.17, 15) is 9.18 Å². The number of halogens is 2. The normalized spacial score (nSPS) is 19.1. The summed E-state index contributed by atoms with van der Waals surface area (Å²) in [5, 5.41) is 9.08. The van der Waals surface area contributed by atoms with Gasteiger partial charge in [-0.15, -0.1) is 0 Å². The molecule has 1 aromatic carbocycles. The second-order valence-electron chi connectivity index (χ2n) is 4.74. The van der Waals surface area contributed by atoms with Crippen LogP contribution in [0.2, 0.25) is 5.02 Å². The lowest BCUT2D eigenvalue weighted by Gasteiger charge is -2.25. The third-order valence-corrected chi connectivity index (χ3v) is 3.93. The SMILES string of the molecule is CCN(CCO)C1CCN(c2ccc(Cl)c(F)c2)C1=O. The van der Waals surface area contributed by atoms with Crippen LogP contribution >= 0.6 is 11.6 Å². The number of hydrogen-bond donors (Lipinski definition) is 1. The molecule has 2 rings (SSSR count). The quantitative estimate of drug-likeness (QED) is 0.903. The number of carbonyl (C=O) groups excluding carboxylic acids is 1. The fourth-order valence-corrected chi connectivity index (χ4v) is 2.69. The summed E-state index contributed by atoms with van der Waals surface area (Å²) in [5.41, 5.74) is 0.527. The van der Waals surface area contributed by atoms with Gasteiger partial charge in [0.2, 0.25) is 5.91 Å². The molecule has 0 spiro atoms. The molecule has 1 fully saturated rings. The summed E-state index contributed by atoms with van der Waals surface area (Å²) in [5.74, 6) is -0.579. The fourth-order valence-electron chi connectivity index (χ4n) is 2.58. The maximum atomic E-state index is 13.5. The minimum Gasteiger partial charge on any atom is -0.395 e. The van der Waals surface area contributed by atoms with Gasteiger partial charge in [0.1, 0.15) is 5.82 Å². The first-order chi connectivity index (χ1) is 9.58. The number of nitrogens with zero attached hydrogens (tertiary/aromatic N) is 2. The lowest BCUT2D eigenvalue weighted by atomic mass is 10.2. The molecule has 20 heavy (non-hydrogen) atoms. The van der Waals surface area contributed by atoms with E-state index in [1.165, 1.54) is 12.1 Å². The Labute approximate surface area is 122 Å². The minimum atomic E-state index is -0.525. The molecule has 110 valence electrons. The molecule has 1 atom stereocenters. The Balaban J connectivity index is 2.16. The van der Waals surface area contributed by atoms with Crippen molar-refractivity contribution in [2.24, 2.45) is 0 Å². The van der Waals surface area contributed by atoms with Crippen molar-refractivity contribution in [2.45, 2.75) is 19.4 Å². The third-order valence-electron chi connectivity index (χ3n) is 3.63. The zero-order chi connectivity index (χ0) is 14.7. The molecule has 6 heteroatoms. The summed E-state index contributed by atoms with van der Waals surface area (Å²) in [7, 11) is 0. The Morgan fingerprint density at radius 1 is 1.55 bits per heavy atom.